The number of fused-ring (bicyclic) bond motifs is 2. The highest BCUT2D eigenvalue weighted by atomic mass is 79.9. The average molecular weight is 487 g/mol. The van der Waals surface area contributed by atoms with Crippen LogP contribution in [0.1, 0.15) is 23.7 Å². The second-order valence-corrected chi connectivity index (χ2v) is 10.3. The lowest BCUT2D eigenvalue weighted by Crippen LogP contribution is -2.35. The molecule has 0 N–H and O–H groups in total. The Labute approximate surface area is 178 Å². The first-order chi connectivity index (χ1) is 13.9. The molecule has 1 unspecified atom stereocenters. The van der Waals surface area contributed by atoms with Gasteiger partial charge in [-0.25, -0.2) is 0 Å². The lowest BCUT2D eigenvalue weighted by molar-refractivity contribution is -0.116. The molecule has 0 radical (unpaired) electrons. The van der Waals surface area contributed by atoms with Crippen molar-refractivity contribution in [1.82, 2.24) is 4.90 Å². The van der Waals surface area contributed by atoms with E-state index in [0.29, 0.717) is 40.8 Å². The number of ether oxygens (including phenoxy) is 2. The molecule has 8 nitrogen and oxygen atoms in total. The van der Waals surface area contributed by atoms with Gasteiger partial charge in [0.15, 0.2) is 17.3 Å². The van der Waals surface area contributed by atoms with Gasteiger partial charge in [-0.05, 0) is 13.0 Å². The molecule has 2 heterocycles. The van der Waals surface area contributed by atoms with Crippen LogP contribution in [0.25, 0.3) is 0 Å². The first-order valence-electron chi connectivity index (χ1n) is 9.41. The van der Waals surface area contributed by atoms with Crippen LogP contribution in [0, 0.1) is 0 Å². The van der Waals surface area contributed by atoms with Gasteiger partial charge in [0.1, 0.15) is 0 Å². The molecule has 1 aromatic rings. The molecule has 0 spiro atoms. The first-order valence-corrected chi connectivity index (χ1v) is 12.5. The highest BCUT2D eigenvalue weighted by Gasteiger charge is 2.36. The molecule has 2 aliphatic rings. The van der Waals surface area contributed by atoms with Gasteiger partial charge in [-0.1, -0.05) is 15.9 Å². The normalized spacial score (nSPS) is 20.1. The van der Waals surface area contributed by atoms with Crippen molar-refractivity contribution < 1.29 is 28.2 Å². The maximum atomic E-state index is 12.9. The maximum Gasteiger partial charge on any atom is 0.257 e. The molecule has 10 heteroatoms. The topological polar surface area (TPSA) is 94.5 Å². The largest absolute Gasteiger partial charge is 0.493 e. The van der Waals surface area contributed by atoms with E-state index in [1.54, 1.807) is 18.3 Å². The van der Waals surface area contributed by atoms with E-state index in [1.165, 1.54) is 12.0 Å². The Morgan fingerprint density at radius 2 is 2.07 bits per heavy atom. The molecule has 2 atom stereocenters. The van der Waals surface area contributed by atoms with Gasteiger partial charge in [0.05, 0.1) is 50.3 Å². The third kappa shape index (κ3) is 4.90. The van der Waals surface area contributed by atoms with Crippen molar-refractivity contribution in [3.8, 4) is 11.5 Å². The van der Waals surface area contributed by atoms with Crippen molar-refractivity contribution in [2.45, 2.75) is 19.4 Å². The molecule has 0 aromatic heterocycles. The van der Waals surface area contributed by atoms with Crippen LogP contribution in [0.5, 0.6) is 11.5 Å². The molecule has 1 saturated heterocycles. The number of rotatable bonds is 9. The van der Waals surface area contributed by atoms with Gasteiger partial charge in [-0.2, -0.15) is 0 Å². The van der Waals surface area contributed by atoms with Crippen molar-refractivity contribution in [1.29, 1.82) is 0 Å². The second-order valence-electron chi connectivity index (χ2n) is 6.76. The second kappa shape index (κ2) is 9.41. The number of carbonyl (C=O) groups excluding carboxylic acids is 2. The minimum Gasteiger partial charge on any atom is -0.493 e. The molecule has 1 aromatic carbocycles. The summed E-state index contributed by atoms with van der Waals surface area (Å²) in [5, 5.41) is 0.587. The minimum absolute atomic E-state index is 0.0207. The Hall–Kier alpha value is -1.70. The standard InChI is InChI=1S/C19H24BrN2O6P/c1-3-28-29(25,6-4-20)7-5-27-18-10-16-15(9-17(18)26-2)19(24)22-12-14(23)8-13(22)11-21-16/h9-11,13H,3-8,12H2,1-2H3/t13-,29?/m0/s1. The van der Waals surface area contributed by atoms with Crippen LogP contribution in [0.3, 0.4) is 0 Å². The number of benzene rings is 1. The molecule has 3 rings (SSSR count). The number of methoxy groups -OCH3 is 1. The van der Waals surface area contributed by atoms with Crippen LogP contribution >= 0.6 is 23.3 Å². The van der Waals surface area contributed by atoms with E-state index < -0.39 is 7.37 Å². The summed E-state index contributed by atoms with van der Waals surface area (Å²) < 4.78 is 29.4. The van der Waals surface area contributed by atoms with Gasteiger partial charge in [-0.15, -0.1) is 0 Å². The van der Waals surface area contributed by atoms with Crippen LogP contribution in [0.15, 0.2) is 17.1 Å². The highest BCUT2D eigenvalue weighted by molar-refractivity contribution is 9.09. The van der Waals surface area contributed by atoms with E-state index >= 15 is 0 Å². The number of alkyl halides is 1. The fraction of sp³-hybridized carbons (Fsp3) is 0.526. The van der Waals surface area contributed by atoms with E-state index in [4.69, 9.17) is 14.0 Å². The summed E-state index contributed by atoms with van der Waals surface area (Å²) in [6.07, 6.45) is 2.61. The van der Waals surface area contributed by atoms with E-state index in [0.717, 1.165) is 0 Å². The van der Waals surface area contributed by atoms with Crippen molar-refractivity contribution >= 4 is 46.9 Å². The molecule has 29 heavy (non-hydrogen) atoms. The van der Waals surface area contributed by atoms with Crippen molar-refractivity contribution in [2.75, 3.05) is 44.5 Å². The number of Topliss-reactive ketones (excluding diaryl/α,β-unsaturated/α-hetero) is 1. The van der Waals surface area contributed by atoms with Gasteiger partial charge >= 0.3 is 0 Å². The number of aliphatic imine (C=N–C) groups is 1. The Kier molecular flexibility index (Phi) is 7.14. The molecule has 1 fully saturated rings. The maximum absolute atomic E-state index is 12.9. The zero-order chi connectivity index (χ0) is 21.0. The monoisotopic (exact) mass is 486 g/mol. The van der Waals surface area contributed by atoms with E-state index in [-0.39, 0.29) is 43.5 Å². The molecular weight excluding hydrogens is 463 g/mol. The highest BCUT2D eigenvalue weighted by Crippen LogP contribution is 2.47. The van der Waals surface area contributed by atoms with Gasteiger partial charge in [0.2, 0.25) is 7.37 Å². The summed E-state index contributed by atoms with van der Waals surface area (Å²) in [6.45, 7) is 2.46. The third-order valence-electron chi connectivity index (χ3n) is 4.82. The Balaban J connectivity index is 1.80. The fourth-order valence-corrected chi connectivity index (χ4v) is 6.59. The predicted molar refractivity (Wildman–Crippen MR) is 114 cm³/mol. The van der Waals surface area contributed by atoms with Gasteiger partial charge in [0, 0.05) is 30.2 Å². The van der Waals surface area contributed by atoms with Gasteiger partial charge < -0.3 is 18.9 Å². The SMILES string of the molecule is CCOP(=O)(CCBr)CCOc1cc2c(cc1OC)C(=O)N1CC(=O)C[C@H]1C=N2. The molecule has 0 saturated carbocycles. The lowest BCUT2D eigenvalue weighted by atomic mass is 10.1. The number of amides is 1. The Morgan fingerprint density at radius 3 is 2.76 bits per heavy atom. The van der Waals surface area contributed by atoms with Crippen molar-refractivity contribution in [3.05, 3.63) is 17.7 Å². The minimum atomic E-state index is -2.77. The summed E-state index contributed by atoms with van der Waals surface area (Å²) in [6, 6.07) is 2.90. The van der Waals surface area contributed by atoms with Crippen LogP contribution in [-0.2, 0) is 13.9 Å². The van der Waals surface area contributed by atoms with Crippen LogP contribution in [0.2, 0.25) is 0 Å². The van der Waals surface area contributed by atoms with E-state index in [2.05, 4.69) is 20.9 Å². The van der Waals surface area contributed by atoms with E-state index in [1.807, 2.05) is 6.92 Å². The number of carbonyl (C=O) groups is 2. The quantitative estimate of drug-likeness (QED) is 0.392. The number of hydrogen-bond donors (Lipinski definition) is 0. The number of hydrogen-bond acceptors (Lipinski definition) is 7. The molecule has 158 valence electrons. The van der Waals surface area contributed by atoms with Gasteiger partial charge in [-0.3, -0.25) is 19.1 Å². The van der Waals surface area contributed by atoms with Crippen molar-refractivity contribution in [2.24, 2.45) is 4.99 Å². The van der Waals surface area contributed by atoms with Crippen LogP contribution in [0.4, 0.5) is 5.69 Å². The summed E-state index contributed by atoms with van der Waals surface area (Å²) >= 11 is 3.31. The summed E-state index contributed by atoms with van der Waals surface area (Å²) in [5.41, 5.74) is 0.822. The molecule has 0 aliphatic carbocycles. The first kappa shape index (κ1) is 22.0. The van der Waals surface area contributed by atoms with Gasteiger partial charge in [0.25, 0.3) is 5.91 Å². The predicted octanol–water partition coefficient (Wildman–Crippen LogP) is 3.28. The average Bonchev–Trinajstić information content (AvgIpc) is 3.01. The van der Waals surface area contributed by atoms with E-state index in [9.17, 15) is 14.2 Å². The summed E-state index contributed by atoms with van der Waals surface area (Å²) in [4.78, 5) is 30.5. The summed E-state index contributed by atoms with van der Waals surface area (Å²) in [7, 11) is -1.29. The number of ketones is 1. The Bertz CT molecular complexity index is 865. The van der Waals surface area contributed by atoms with Crippen LogP contribution < -0.4 is 9.47 Å². The zero-order valence-corrected chi connectivity index (χ0v) is 18.9. The summed E-state index contributed by atoms with van der Waals surface area (Å²) in [5.74, 6) is 0.558. The number of halogens is 1. The fourth-order valence-electron chi connectivity index (χ4n) is 3.39. The Morgan fingerprint density at radius 1 is 1.28 bits per heavy atom. The smallest absolute Gasteiger partial charge is 0.257 e. The molecular formula is C19H24BrN2O6P. The molecule has 2 aliphatic heterocycles. The zero-order valence-electron chi connectivity index (χ0n) is 16.4. The lowest BCUT2D eigenvalue weighted by Gasteiger charge is -2.20. The third-order valence-corrected chi connectivity index (χ3v) is 8.33. The number of nitrogens with zero attached hydrogens (tertiary/aromatic N) is 2. The van der Waals surface area contributed by atoms with Crippen LogP contribution in [-0.4, -0.2) is 73.4 Å². The van der Waals surface area contributed by atoms with Crippen molar-refractivity contribution in [3.63, 3.8) is 0 Å². The molecule has 1 amide bonds. The molecule has 0 bridgehead atoms.